The Bertz CT molecular complexity index is 370. The molecule has 0 aliphatic heterocycles. The lowest BCUT2D eigenvalue weighted by Crippen LogP contribution is -2.35. The number of nitrogens with one attached hydrogen (secondary N) is 1. The maximum atomic E-state index is 11.7. The van der Waals surface area contributed by atoms with Gasteiger partial charge in [-0.05, 0) is 47.7 Å². The minimum Gasteiger partial charge on any atom is -0.394 e. The topological polar surface area (TPSA) is 49.3 Å². The van der Waals surface area contributed by atoms with Crippen LogP contribution in [0.25, 0.3) is 0 Å². The van der Waals surface area contributed by atoms with Crippen molar-refractivity contribution in [3.8, 4) is 0 Å². The molecule has 0 radical (unpaired) electrons. The number of hydrogen-bond donors (Lipinski definition) is 2. The van der Waals surface area contributed by atoms with Crippen molar-refractivity contribution in [2.75, 3.05) is 6.61 Å². The van der Waals surface area contributed by atoms with Crippen LogP contribution < -0.4 is 5.32 Å². The van der Waals surface area contributed by atoms with Crippen LogP contribution in [0, 0.1) is 3.57 Å². The number of benzene rings is 1. The average Bonchev–Trinajstić information content (AvgIpc) is 2.21. The number of aliphatic hydroxyl groups excluding tert-OH is 1. The number of aliphatic hydroxyl groups is 1. The lowest BCUT2D eigenvalue weighted by atomic mass is 10.2. The summed E-state index contributed by atoms with van der Waals surface area (Å²) < 4.78 is 1.75. The standard InChI is InChI=1S/C10H11BrINO2/c1-6(5-14)13-10(15)8-4-7(11)2-3-9(8)12/h2-4,6,14H,5H2,1H3,(H,13,15). The van der Waals surface area contributed by atoms with E-state index in [9.17, 15) is 4.79 Å². The first-order chi connectivity index (χ1) is 7.04. The zero-order valence-corrected chi connectivity index (χ0v) is 11.9. The molecule has 2 N–H and O–H groups in total. The summed E-state index contributed by atoms with van der Waals surface area (Å²) in [5, 5.41) is 11.5. The van der Waals surface area contributed by atoms with Crippen molar-refractivity contribution in [1.29, 1.82) is 0 Å². The Morgan fingerprint density at radius 2 is 2.33 bits per heavy atom. The Balaban J connectivity index is 2.86. The molecule has 0 fully saturated rings. The molecule has 0 saturated carbocycles. The molecule has 1 aromatic carbocycles. The smallest absolute Gasteiger partial charge is 0.252 e. The van der Waals surface area contributed by atoms with Crippen LogP contribution in [0.1, 0.15) is 17.3 Å². The Morgan fingerprint density at radius 1 is 1.67 bits per heavy atom. The fraction of sp³-hybridized carbons (Fsp3) is 0.300. The molecule has 0 saturated heterocycles. The van der Waals surface area contributed by atoms with Crippen LogP contribution in [-0.2, 0) is 0 Å². The first-order valence-corrected chi connectivity index (χ1v) is 6.28. The van der Waals surface area contributed by atoms with Crippen molar-refractivity contribution in [3.05, 3.63) is 31.8 Å². The molecule has 0 aliphatic rings. The number of amides is 1. The van der Waals surface area contributed by atoms with Crippen LogP contribution in [0.5, 0.6) is 0 Å². The van der Waals surface area contributed by atoms with Crippen molar-refractivity contribution in [3.63, 3.8) is 0 Å². The second-order valence-electron chi connectivity index (χ2n) is 3.18. The highest BCUT2D eigenvalue weighted by molar-refractivity contribution is 14.1. The minimum absolute atomic E-state index is 0.0592. The van der Waals surface area contributed by atoms with Gasteiger partial charge in [0, 0.05) is 14.1 Å². The summed E-state index contributed by atoms with van der Waals surface area (Å²) in [5.41, 5.74) is 0.616. The summed E-state index contributed by atoms with van der Waals surface area (Å²) in [6.07, 6.45) is 0. The number of hydrogen-bond acceptors (Lipinski definition) is 2. The monoisotopic (exact) mass is 383 g/mol. The second-order valence-corrected chi connectivity index (χ2v) is 5.26. The zero-order valence-electron chi connectivity index (χ0n) is 8.13. The molecule has 0 aliphatic carbocycles. The highest BCUT2D eigenvalue weighted by Gasteiger charge is 2.12. The molecule has 1 atom stereocenters. The maximum Gasteiger partial charge on any atom is 0.252 e. The van der Waals surface area contributed by atoms with Crippen LogP contribution in [-0.4, -0.2) is 23.7 Å². The molecule has 1 unspecified atom stereocenters. The van der Waals surface area contributed by atoms with Crippen molar-refractivity contribution < 1.29 is 9.90 Å². The first kappa shape index (κ1) is 12.9. The van der Waals surface area contributed by atoms with Crippen molar-refractivity contribution in [2.24, 2.45) is 0 Å². The summed E-state index contributed by atoms with van der Waals surface area (Å²) in [6.45, 7) is 1.69. The van der Waals surface area contributed by atoms with Crippen LogP contribution in [0.2, 0.25) is 0 Å². The van der Waals surface area contributed by atoms with Crippen molar-refractivity contribution in [1.82, 2.24) is 5.32 Å². The van der Waals surface area contributed by atoms with Crippen LogP contribution in [0.3, 0.4) is 0 Å². The van der Waals surface area contributed by atoms with E-state index < -0.39 is 0 Å². The molecule has 0 aromatic heterocycles. The molecule has 1 amide bonds. The van der Waals surface area contributed by atoms with Gasteiger partial charge in [0.15, 0.2) is 0 Å². The molecule has 1 rings (SSSR count). The Labute approximate surface area is 111 Å². The molecule has 82 valence electrons. The Hall–Kier alpha value is -0.140. The Kier molecular flexibility index (Phi) is 5.01. The molecule has 15 heavy (non-hydrogen) atoms. The molecular weight excluding hydrogens is 373 g/mol. The maximum absolute atomic E-state index is 11.7. The van der Waals surface area contributed by atoms with E-state index in [1.54, 1.807) is 13.0 Å². The van der Waals surface area contributed by atoms with Gasteiger partial charge in [-0.15, -0.1) is 0 Å². The average molecular weight is 384 g/mol. The van der Waals surface area contributed by atoms with E-state index in [2.05, 4.69) is 43.8 Å². The van der Waals surface area contributed by atoms with Crippen LogP contribution >= 0.6 is 38.5 Å². The molecule has 5 heteroatoms. The SMILES string of the molecule is CC(CO)NC(=O)c1cc(Br)ccc1I. The lowest BCUT2D eigenvalue weighted by Gasteiger charge is -2.11. The van der Waals surface area contributed by atoms with Crippen molar-refractivity contribution in [2.45, 2.75) is 13.0 Å². The number of carbonyl (C=O) groups is 1. The third kappa shape index (κ3) is 3.73. The van der Waals surface area contributed by atoms with Gasteiger partial charge < -0.3 is 10.4 Å². The number of carbonyl (C=O) groups excluding carboxylic acids is 1. The predicted molar refractivity (Wildman–Crippen MR) is 70.9 cm³/mol. The number of halogens is 2. The van der Waals surface area contributed by atoms with Gasteiger partial charge in [0.05, 0.1) is 12.2 Å². The van der Waals surface area contributed by atoms with Gasteiger partial charge in [-0.25, -0.2) is 0 Å². The first-order valence-electron chi connectivity index (χ1n) is 4.41. The van der Waals surface area contributed by atoms with E-state index >= 15 is 0 Å². The number of rotatable bonds is 3. The minimum atomic E-state index is -0.229. The Morgan fingerprint density at radius 3 is 2.93 bits per heavy atom. The summed E-state index contributed by atoms with van der Waals surface area (Å²) in [6, 6.07) is 5.28. The van der Waals surface area contributed by atoms with Crippen LogP contribution in [0.15, 0.2) is 22.7 Å². The van der Waals surface area contributed by atoms with Gasteiger partial charge in [0.1, 0.15) is 0 Å². The third-order valence-electron chi connectivity index (χ3n) is 1.82. The molecular formula is C10H11BrINO2. The normalized spacial score (nSPS) is 12.3. The molecule has 0 bridgehead atoms. The van der Waals surface area contributed by atoms with Gasteiger partial charge in [-0.2, -0.15) is 0 Å². The van der Waals surface area contributed by atoms with E-state index in [4.69, 9.17) is 5.11 Å². The third-order valence-corrected chi connectivity index (χ3v) is 3.26. The second kappa shape index (κ2) is 5.81. The van der Waals surface area contributed by atoms with Crippen molar-refractivity contribution >= 4 is 44.4 Å². The predicted octanol–water partition coefficient (Wildman–Crippen LogP) is 2.16. The zero-order chi connectivity index (χ0) is 11.4. The largest absolute Gasteiger partial charge is 0.394 e. The molecule has 3 nitrogen and oxygen atoms in total. The van der Waals surface area contributed by atoms with Gasteiger partial charge in [0.25, 0.3) is 5.91 Å². The summed E-state index contributed by atoms with van der Waals surface area (Å²) in [5.74, 6) is -0.165. The van der Waals surface area contributed by atoms with Gasteiger partial charge in [-0.1, -0.05) is 15.9 Å². The van der Waals surface area contributed by atoms with Gasteiger partial charge in [-0.3, -0.25) is 4.79 Å². The summed E-state index contributed by atoms with van der Waals surface area (Å²) >= 11 is 5.42. The van der Waals surface area contributed by atoms with E-state index in [1.807, 2.05) is 12.1 Å². The lowest BCUT2D eigenvalue weighted by molar-refractivity contribution is 0.0921. The molecule has 1 aromatic rings. The highest BCUT2D eigenvalue weighted by Crippen LogP contribution is 2.18. The molecule has 0 spiro atoms. The highest BCUT2D eigenvalue weighted by atomic mass is 127. The quantitative estimate of drug-likeness (QED) is 0.786. The van der Waals surface area contributed by atoms with E-state index in [0.717, 1.165) is 8.04 Å². The van der Waals surface area contributed by atoms with E-state index in [1.165, 1.54) is 0 Å². The van der Waals surface area contributed by atoms with Crippen LogP contribution in [0.4, 0.5) is 0 Å². The van der Waals surface area contributed by atoms with Gasteiger partial charge in [0.2, 0.25) is 0 Å². The fourth-order valence-electron chi connectivity index (χ4n) is 1.02. The fourth-order valence-corrected chi connectivity index (χ4v) is 1.96. The van der Waals surface area contributed by atoms with E-state index in [0.29, 0.717) is 5.56 Å². The summed E-state index contributed by atoms with van der Waals surface area (Å²) in [4.78, 5) is 11.7. The van der Waals surface area contributed by atoms with E-state index in [-0.39, 0.29) is 18.6 Å². The summed E-state index contributed by atoms with van der Waals surface area (Å²) in [7, 11) is 0. The van der Waals surface area contributed by atoms with Gasteiger partial charge >= 0.3 is 0 Å². The molecule has 0 heterocycles.